The van der Waals surface area contributed by atoms with Gasteiger partial charge in [0.05, 0.1) is 45.8 Å². The van der Waals surface area contributed by atoms with Gasteiger partial charge in [0.1, 0.15) is 5.41 Å². The van der Waals surface area contributed by atoms with E-state index in [9.17, 15) is 32.7 Å². The Balaban J connectivity index is 1.32. The molecule has 1 unspecified atom stereocenters. The van der Waals surface area contributed by atoms with Gasteiger partial charge in [0, 0.05) is 31.5 Å². The normalized spacial score (nSPS) is 23.5. The van der Waals surface area contributed by atoms with Crippen molar-refractivity contribution in [1.82, 2.24) is 24.5 Å². The topological polar surface area (TPSA) is 110 Å². The summed E-state index contributed by atoms with van der Waals surface area (Å²) in [7, 11) is 1.82. The number of aromatic nitrogens is 4. The van der Waals surface area contributed by atoms with Gasteiger partial charge in [0.15, 0.2) is 0 Å². The first-order chi connectivity index (χ1) is 21.4. The third-order valence-corrected chi connectivity index (χ3v) is 10.6. The third kappa shape index (κ3) is 4.46. The fourth-order valence-corrected chi connectivity index (χ4v) is 7.75. The second kappa shape index (κ2) is 10.3. The third-order valence-electron chi connectivity index (χ3n) is 10.2. The number of benzene rings is 1. The Morgan fingerprint density at radius 2 is 1.87 bits per heavy atom. The average molecular weight is 642 g/mol. The van der Waals surface area contributed by atoms with Crippen LogP contribution in [0.2, 0.25) is 5.02 Å². The summed E-state index contributed by atoms with van der Waals surface area (Å²) in [4.78, 5) is 42.8. The van der Waals surface area contributed by atoms with Crippen LogP contribution >= 0.6 is 11.6 Å². The van der Waals surface area contributed by atoms with Crippen molar-refractivity contribution in [2.45, 2.75) is 81.5 Å². The number of allylic oxidation sites excluding steroid dienone is 2. The van der Waals surface area contributed by atoms with Crippen LogP contribution in [0, 0.1) is 5.92 Å². The first-order valence-electron chi connectivity index (χ1n) is 15.1. The van der Waals surface area contributed by atoms with Crippen LogP contribution in [0.4, 0.5) is 13.2 Å². The van der Waals surface area contributed by atoms with Crippen LogP contribution < -0.4 is 0 Å². The molecule has 13 heteroatoms. The molecular weight excluding hydrogens is 611 g/mol. The number of hydrogen-bond acceptors (Lipinski definition) is 5. The quantitative estimate of drug-likeness (QED) is 0.381. The van der Waals surface area contributed by atoms with Crippen LogP contribution in [0.5, 0.6) is 0 Å². The smallest absolute Gasteiger partial charge is 0.398 e. The molecule has 236 valence electrons. The van der Waals surface area contributed by atoms with Gasteiger partial charge >= 0.3 is 12.1 Å². The molecule has 1 N–H and O–H groups in total. The molecule has 2 atom stereocenters. The first-order valence-corrected chi connectivity index (χ1v) is 15.4. The average Bonchev–Trinajstić information content (AvgIpc) is 3.43. The number of carboxylic acid groups (broad SMARTS) is 1. The van der Waals surface area contributed by atoms with E-state index in [0.717, 1.165) is 15.9 Å². The summed E-state index contributed by atoms with van der Waals surface area (Å²) in [5.41, 5.74) is -1.03. The molecule has 7 rings (SSSR count). The Hall–Kier alpha value is -3.93. The summed E-state index contributed by atoms with van der Waals surface area (Å²) in [6.07, 6.45) is 2.22. The molecule has 1 aromatic carbocycles. The van der Waals surface area contributed by atoms with E-state index in [0.29, 0.717) is 43.6 Å². The molecule has 0 radical (unpaired) electrons. The number of carbonyl (C=O) groups excluding carboxylic acids is 2. The SMILES string of the molecule is Cn1ncc2c1CN(C(=O)C1CCc3c([C@@]4(C(=O)O)CC=CCC4)nn(C(=O)c4c(Cl)cccc4C4(C(F)(F)F)CC4)c3C1)C2. The van der Waals surface area contributed by atoms with Crippen LogP contribution in [0.25, 0.3) is 0 Å². The van der Waals surface area contributed by atoms with Crippen molar-refractivity contribution < 1.29 is 32.7 Å². The molecule has 0 bridgehead atoms. The van der Waals surface area contributed by atoms with E-state index in [-0.39, 0.29) is 59.9 Å². The molecule has 1 saturated carbocycles. The Bertz CT molecular complexity index is 1790. The van der Waals surface area contributed by atoms with Gasteiger partial charge in [-0.25, -0.2) is 4.68 Å². The van der Waals surface area contributed by atoms with Crippen LogP contribution in [0.1, 0.15) is 82.7 Å². The summed E-state index contributed by atoms with van der Waals surface area (Å²) in [5, 5.41) is 19.2. The lowest BCUT2D eigenvalue weighted by molar-refractivity contribution is -0.160. The number of hydrogen-bond donors (Lipinski definition) is 1. The Morgan fingerprint density at radius 3 is 2.51 bits per heavy atom. The molecule has 9 nitrogen and oxygen atoms in total. The Labute approximate surface area is 261 Å². The van der Waals surface area contributed by atoms with E-state index in [4.69, 9.17) is 11.6 Å². The number of alkyl halides is 3. The molecule has 3 aromatic rings. The highest BCUT2D eigenvalue weighted by Crippen LogP contribution is 2.60. The number of amides is 1. The minimum atomic E-state index is -4.59. The number of carboxylic acids is 1. The van der Waals surface area contributed by atoms with Crippen LogP contribution in [-0.4, -0.2) is 53.5 Å². The van der Waals surface area contributed by atoms with Crippen molar-refractivity contribution in [3.8, 4) is 0 Å². The molecule has 45 heavy (non-hydrogen) atoms. The maximum absolute atomic E-state index is 14.4. The lowest BCUT2D eigenvalue weighted by atomic mass is 9.71. The maximum Gasteiger partial charge on any atom is 0.398 e. The van der Waals surface area contributed by atoms with Gasteiger partial charge in [-0.15, -0.1) is 0 Å². The largest absolute Gasteiger partial charge is 0.481 e. The molecule has 1 aliphatic heterocycles. The minimum Gasteiger partial charge on any atom is -0.481 e. The number of aryl methyl sites for hydroxylation is 1. The minimum absolute atomic E-state index is 0.0910. The molecule has 3 heterocycles. The summed E-state index contributed by atoms with van der Waals surface area (Å²) in [5.74, 6) is -2.58. The lowest BCUT2D eigenvalue weighted by Gasteiger charge is -2.31. The summed E-state index contributed by atoms with van der Waals surface area (Å²) in [6, 6.07) is 4.06. The summed E-state index contributed by atoms with van der Waals surface area (Å²) >= 11 is 6.49. The molecular formula is C32H31ClF3N5O4. The van der Waals surface area contributed by atoms with Gasteiger partial charge < -0.3 is 10.0 Å². The molecule has 4 aliphatic rings. The molecule has 2 aromatic heterocycles. The molecule has 1 amide bonds. The zero-order chi connectivity index (χ0) is 31.9. The fourth-order valence-electron chi connectivity index (χ4n) is 7.50. The van der Waals surface area contributed by atoms with Crippen molar-refractivity contribution >= 4 is 29.4 Å². The highest BCUT2D eigenvalue weighted by atomic mass is 35.5. The predicted molar refractivity (Wildman–Crippen MR) is 156 cm³/mol. The fraction of sp³-hybridized carbons (Fsp3) is 0.469. The second-order valence-corrected chi connectivity index (χ2v) is 13.1. The Morgan fingerprint density at radius 1 is 1.09 bits per heavy atom. The van der Waals surface area contributed by atoms with Crippen molar-refractivity contribution in [3.05, 3.63) is 80.9 Å². The van der Waals surface area contributed by atoms with Crippen LogP contribution in [-0.2, 0) is 53.4 Å². The van der Waals surface area contributed by atoms with Crippen molar-refractivity contribution in [3.63, 3.8) is 0 Å². The molecule has 0 saturated heterocycles. The number of fused-ring (bicyclic) bond motifs is 2. The van der Waals surface area contributed by atoms with Gasteiger partial charge in [-0.2, -0.15) is 23.4 Å². The van der Waals surface area contributed by atoms with E-state index >= 15 is 0 Å². The predicted octanol–water partition coefficient (Wildman–Crippen LogP) is 5.26. The number of aliphatic carboxylic acids is 1. The van der Waals surface area contributed by atoms with Crippen LogP contribution in [0.3, 0.4) is 0 Å². The lowest BCUT2D eigenvalue weighted by Crippen LogP contribution is -2.39. The van der Waals surface area contributed by atoms with E-state index in [1.165, 1.54) is 18.2 Å². The van der Waals surface area contributed by atoms with E-state index in [1.807, 2.05) is 13.1 Å². The second-order valence-electron chi connectivity index (χ2n) is 12.7. The Kier molecular flexibility index (Phi) is 6.81. The molecule has 1 fully saturated rings. The van der Waals surface area contributed by atoms with E-state index in [2.05, 4.69) is 10.2 Å². The van der Waals surface area contributed by atoms with Gasteiger partial charge in [-0.1, -0.05) is 35.9 Å². The summed E-state index contributed by atoms with van der Waals surface area (Å²) < 4.78 is 45.7. The zero-order valence-electron chi connectivity index (χ0n) is 24.5. The van der Waals surface area contributed by atoms with Crippen LogP contribution in [0.15, 0.2) is 36.5 Å². The number of halogens is 4. The maximum atomic E-state index is 14.4. The standard InChI is InChI=1S/C32H31ClF3N5O4/c1-39-24-17-40(16-19(24)15-37-39)27(42)18-8-9-20-23(14-18)41(38-26(20)30(29(44)45)10-3-2-4-11-30)28(43)25-21(6-5-7-22(25)33)31(12-13-31)32(34,35)36/h2-3,5-7,15,18H,4,8-14,16-17H2,1H3,(H,44,45)/t18?,30-/m1/s1. The summed E-state index contributed by atoms with van der Waals surface area (Å²) in [6.45, 7) is 0.806. The van der Waals surface area contributed by atoms with Crippen molar-refractivity contribution in [2.24, 2.45) is 13.0 Å². The van der Waals surface area contributed by atoms with Gasteiger partial charge in [-0.3, -0.25) is 19.1 Å². The highest BCUT2D eigenvalue weighted by Gasteiger charge is 2.65. The van der Waals surface area contributed by atoms with Gasteiger partial charge in [-0.05, 0) is 62.1 Å². The highest BCUT2D eigenvalue weighted by molar-refractivity contribution is 6.34. The zero-order valence-corrected chi connectivity index (χ0v) is 25.3. The monoisotopic (exact) mass is 641 g/mol. The number of carbonyl (C=O) groups is 3. The molecule has 3 aliphatic carbocycles. The van der Waals surface area contributed by atoms with E-state index < -0.39 is 34.8 Å². The van der Waals surface area contributed by atoms with Gasteiger partial charge in [0.25, 0.3) is 5.91 Å². The number of nitrogens with zero attached hydrogens (tertiary/aromatic N) is 5. The van der Waals surface area contributed by atoms with Crippen molar-refractivity contribution in [1.29, 1.82) is 0 Å². The van der Waals surface area contributed by atoms with Gasteiger partial charge in [0.2, 0.25) is 5.91 Å². The molecule has 0 spiro atoms. The first kappa shape index (κ1) is 29.8. The number of rotatable bonds is 5. The van der Waals surface area contributed by atoms with E-state index in [1.54, 1.807) is 21.9 Å². The van der Waals surface area contributed by atoms with Crippen molar-refractivity contribution in [2.75, 3.05) is 0 Å².